The summed E-state index contributed by atoms with van der Waals surface area (Å²) in [5, 5.41) is 0.105. The van der Waals surface area contributed by atoms with Crippen molar-refractivity contribution in [2.24, 2.45) is 7.05 Å². The Morgan fingerprint density at radius 1 is 1.10 bits per heavy atom. The van der Waals surface area contributed by atoms with Crippen molar-refractivity contribution in [2.75, 3.05) is 27.2 Å². The Labute approximate surface area is 172 Å². The lowest BCUT2D eigenvalue weighted by Gasteiger charge is -2.41. The molecule has 4 heterocycles. The van der Waals surface area contributed by atoms with E-state index in [1.807, 2.05) is 4.90 Å². The third-order valence-corrected chi connectivity index (χ3v) is 8.15. The van der Waals surface area contributed by atoms with Crippen LogP contribution in [0.25, 0.3) is 0 Å². The maximum Gasteiger partial charge on any atom is 0.319 e. The number of sulfonamides is 1. The van der Waals surface area contributed by atoms with E-state index in [2.05, 4.69) is 4.98 Å². The first kappa shape index (κ1) is 20.6. The predicted octanol–water partition coefficient (Wildman–Crippen LogP) is 1.27. The van der Waals surface area contributed by atoms with Gasteiger partial charge in [-0.2, -0.15) is 4.31 Å². The number of amides is 2. The molecule has 9 nitrogen and oxygen atoms in total. The summed E-state index contributed by atoms with van der Waals surface area (Å²) in [5.41, 5.74) is 0. The molecular weight excluding hydrogens is 394 g/mol. The van der Waals surface area contributed by atoms with Gasteiger partial charge in [0, 0.05) is 52.5 Å². The van der Waals surface area contributed by atoms with Gasteiger partial charge in [0.05, 0.1) is 18.5 Å². The molecule has 0 N–H and O–H groups in total. The van der Waals surface area contributed by atoms with Gasteiger partial charge in [0.2, 0.25) is 0 Å². The number of fused-ring (bicyclic) bond motifs is 2. The molecule has 162 valence electrons. The molecule has 2 bridgehead atoms. The fourth-order valence-corrected chi connectivity index (χ4v) is 6.35. The van der Waals surface area contributed by atoms with Gasteiger partial charge in [-0.25, -0.2) is 18.2 Å². The minimum atomic E-state index is -3.53. The SMILES string of the molecule is CN(C)C(=O)N1[C@@H]2CC[C@H]1CC(OC1CCN(S(=O)(=O)c3cn(C)cn3)CC1)C2. The molecule has 0 radical (unpaired) electrons. The fraction of sp³-hybridized carbons (Fsp3) is 0.789. The number of urea groups is 1. The summed E-state index contributed by atoms with van der Waals surface area (Å²) in [6, 6.07) is 0.625. The van der Waals surface area contributed by atoms with Crippen LogP contribution in [0, 0.1) is 0 Å². The summed E-state index contributed by atoms with van der Waals surface area (Å²) >= 11 is 0. The molecule has 0 aliphatic carbocycles. The second-order valence-corrected chi connectivity index (χ2v) is 10.6. The number of aromatic nitrogens is 2. The molecule has 1 unspecified atom stereocenters. The number of hydrogen-bond donors (Lipinski definition) is 0. The smallest absolute Gasteiger partial charge is 0.319 e. The summed E-state index contributed by atoms with van der Waals surface area (Å²) < 4.78 is 35.0. The molecule has 3 fully saturated rings. The van der Waals surface area contributed by atoms with Crippen molar-refractivity contribution < 1.29 is 17.9 Å². The molecular formula is C19H31N5O4S. The lowest BCUT2D eigenvalue weighted by molar-refractivity contribution is -0.0685. The maximum atomic E-state index is 12.7. The van der Waals surface area contributed by atoms with Crippen LogP contribution in [0.5, 0.6) is 0 Å². The van der Waals surface area contributed by atoms with Crippen LogP contribution in [0.1, 0.15) is 38.5 Å². The van der Waals surface area contributed by atoms with Crippen LogP contribution in [0.3, 0.4) is 0 Å². The first-order chi connectivity index (χ1) is 13.8. The number of hydrogen-bond acceptors (Lipinski definition) is 5. The number of aryl methyl sites for hydroxylation is 1. The second-order valence-electron chi connectivity index (χ2n) is 8.68. The first-order valence-corrected chi connectivity index (χ1v) is 11.8. The fourth-order valence-electron chi connectivity index (χ4n) is 4.92. The lowest BCUT2D eigenvalue weighted by atomic mass is 9.99. The number of carbonyl (C=O) groups is 1. The van der Waals surface area contributed by atoms with Gasteiger partial charge in [0.15, 0.2) is 5.03 Å². The van der Waals surface area contributed by atoms with Gasteiger partial charge < -0.3 is 19.1 Å². The third kappa shape index (κ3) is 4.02. The van der Waals surface area contributed by atoms with E-state index >= 15 is 0 Å². The molecule has 1 aromatic heterocycles. The summed E-state index contributed by atoms with van der Waals surface area (Å²) in [6.07, 6.45) is 8.51. The zero-order chi connectivity index (χ0) is 20.8. The Kier molecular flexibility index (Phi) is 5.60. The Bertz CT molecular complexity index is 833. The molecule has 4 rings (SSSR count). The number of ether oxygens (including phenoxy) is 1. The van der Waals surface area contributed by atoms with Crippen molar-refractivity contribution in [3.05, 3.63) is 12.5 Å². The number of nitrogens with zero attached hydrogens (tertiary/aromatic N) is 5. The number of imidazole rings is 1. The first-order valence-electron chi connectivity index (χ1n) is 10.4. The van der Waals surface area contributed by atoms with E-state index in [1.54, 1.807) is 30.6 Å². The summed E-state index contributed by atoms with van der Waals surface area (Å²) in [5.74, 6) is 0. The van der Waals surface area contributed by atoms with Crippen LogP contribution in [0.2, 0.25) is 0 Å². The van der Waals surface area contributed by atoms with Crippen LogP contribution in [-0.2, 0) is 21.8 Å². The molecule has 0 saturated carbocycles. The Balaban J connectivity index is 1.30. The highest BCUT2D eigenvalue weighted by atomic mass is 32.2. The number of carbonyl (C=O) groups excluding carboxylic acids is 1. The van der Waals surface area contributed by atoms with E-state index in [0.717, 1.165) is 25.7 Å². The lowest BCUT2D eigenvalue weighted by Crippen LogP contribution is -2.52. The average molecular weight is 426 g/mol. The van der Waals surface area contributed by atoms with Gasteiger partial charge in [-0.1, -0.05) is 0 Å². The normalized spacial score (nSPS) is 28.7. The van der Waals surface area contributed by atoms with Crippen molar-refractivity contribution in [3.8, 4) is 0 Å². The predicted molar refractivity (Wildman–Crippen MR) is 107 cm³/mol. The van der Waals surface area contributed by atoms with Crippen molar-refractivity contribution in [2.45, 2.75) is 67.8 Å². The van der Waals surface area contributed by atoms with Crippen LogP contribution in [-0.4, -0.2) is 89.6 Å². The minimum absolute atomic E-state index is 0.0747. The highest BCUT2D eigenvalue weighted by Crippen LogP contribution is 2.38. The van der Waals surface area contributed by atoms with E-state index in [9.17, 15) is 13.2 Å². The van der Waals surface area contributed by atoms with E-state index in [-0.39, 0.29) is 35.3 Å². The van der Waals surface area contributed by atoms with Crippen LogP contribution < -0.4 is 0 Å². The van der Waals surface area contributed by atoms with Crippen molar-refractivity contribution in [1.29, 1.82) is 0 Å². The minimum Gasteiger partial charge on any atom is -0.375 e. The molecule has 3 atom stereocenters. The number of rotatable bonds is 4. The molecule has 3 saturated heterocycles. The van der Waals surface area contributed by atoms with Gasteiger partial charge in [-0.15, -0.1) is 0 Å². The third-order valence-electron chi connectivity index (χ3n) is 6.36. The highest BCUT2D eigenvalue weighted by Gasteiger charge is 2.45. The average Bonchev–Trinajstić information content (AvgIpc) is 3.23. The van der Waals surface area contributed by atoms with E-state index in [4.69, 9.17) is 4.74 Å². The Morgan fingerprint density at radius 2 is 1.72 bits per heavy atom. The van der Waals surface area contributed by atoms with Gasteiger partial charge in [0.25, 0.3) is 10.0 Å². The number of piperidine rings is 2. The zero-order valence-electron chi connectivity index (χ0n) is 17.4. The second kappa shape index (κ2) is 7.88. The van der Waals surface area contributed by atoms with Crippen molar-refractivity contribution in [3.63, 3.8) is 0 Å². The van der Waals surface area contributed by atoms with E-state index in [1.165, 1.54) is 16.8 Å². The van der Waals surface area contributed by atoms with Gasteiger partial charge in [0.1, 0.15) is 0 Å². The zero-order valence-corrected chi connectivity index (χ0v) is 18.2. The summed E-state index contributed by atoms with van der Waals surface area (Å²) in [7, 11) is 1.83. The Morgan fingerprint density at radius 3 is 2.24 bits per heavy atom. The molecule has 0 spiro atoms. The van der Waals surface area contributed by atoms with Crippen molar-refractivity contribution in [1.82, 2.24) is 23.7 Å². The molecule has 2 amide bonds. The standard InChI is InChI=1S/C19H31N5O4S/c1-21(2)19(25)24-14-4-5-15(24)11-17(10-14)28-16-6-8-23(9-7-16)29(26,27)18-12-22(3)13-20-18/h12-17H,4-11H2,1-3H3/t14-,15+,17?. The Hall–Kier alpha value is -1.65. The van der Waals surface area contributed by atoms with Crippen LogP contribution >= 0.6 is 0 Å². The summed E-state index contributed by atoms with van der Waals surface area (Å²) in [4.78, 5) is 20.1. The molecule has 0 aromatic carbocycles. The van der Waals surface area contributed by atoms with Gasteiger partial charge in [-0.3, -0.25) is 0 Å². The highest BCUT2D eigenvalue weighted by molar-refractivity contribution is 7.89. The van der Waals surface area contributed by atoms with Gasteiger partial charge >= 0.3 is 6.03 Å². The quantitative estimate of drug-likeness (QED) is 0.725. The summed E-state index contributed by atoms with van der Waals surface area (Å²) in [6.45, 7) is 0.906. The van der Waals surface area contributed by atoms with Crippen LogP contribution in [0.15, 0.2) is 17.6 Å². The molecule has 1 aromatic rings. The monoisotopic (exact) mass is 425 g/mol. The molecule has 29 heavy (non-hydrogen) atoms. The van der Waals surface area contributed by atoms with Gasteiger partial charge in [-0.05, 0) is 38.5 Å². The molecule has 3 aliphatic heterocycles. The largest absolute Gasteiger partial charge is 0.375 e. The molecule has 3 aliphatic rings. The van der Waals surface area contributed by atoms with E-state index < -0.39 is 10.0 Å². The van der Waals surface area contributed by atoms with Crippen LogP contribution in [0.4, 0.5) is 4.79 Å². The topological polar surface area (TPSA) is 88.0 Å². The maximum absolute atomic E-state index is 12.7. The van der Waals surface area contributed by atoms with E-state index in [0.29, 0.717) is 25.9 Å². The molecule has 10 heteroatoms. The van der Waals surface area contributed by atoms with Crippen molar-refractivity contribution >= 4 is 16.1 Å².